The van der Waals surface area contributed by atoms with Crippen LogP contribution in [-0.4, -0.2) is 6.61 Å². The molecule has 27 heavy (non-hydrogen) atoms. The number of benzene rings is 2. The first-order valence-electron chi connectivity index (χ1n) is 8.61. The highest BCUT2D eigenvalue weighted by Gasteiger charge is 2.13. The van der Waals surface area contributed by atoms with Crippen molar-refractivity contribution in [2.45, 2.75) is 26.6 Å². The topological polar surface area (TPSA) is 43.6 Å². The fourth-order valence-corrected chi connectivity index (χ4v) is 3.20. The van der Waals surface area contributed by atoms with E-state index < -0.39 is 0 Å². The molecule has 0 atom stereocenters. The van der Waals surface area contributed by atoms with Crippen LogP contribution >= 0.6 is 28.3 Å². The highest BCUT2D eigenvalue weighted by atomic mass is 79.9. The van der Waals surface area contributed by atoms with E-state index in [1.807, 2.05) is 55.5 Å². The van der Waals surface area contributed by atoms with E-state index in [0.29, 0.717) is 26.3 Å². The third-order valence-corrected chi connectivity index (χ3v) is 4.39. The Bertz CT molecular complexity index is 810. The summed E-state index contributed by atoms with van der Waals surface area (Å²) in [4.78, 5) is 0. The summed E-state index contributed by atoms with van der Waals surface area (Å²) in [6, 6.07) is 18.0. The predicted octanol–water partition coefficient (Wildman–Crippen LogP) is 5.73. The number of nitrogens with one attached hydrogen (secondary N) is 1. The predicted molar refractivity (Wildman–Crippen MR) is 113 cm³/mol. The van der Waals surface area contributed by atoms with Gasteiger partial charge in [-0.3, -0.25) is 0 Å². The highest BCUT2D eigenvalue weighted by molar-refractivity contribution is 9.10. The van der Waals surface area contributed by atoms with Crippen molar-refractivity contribution in [3.05, 3.63) is 82.2 Å². The van der Waals surface area contributed by atoms with Crippen molar-refractivity contribution >= 4 is 28.3 Å². The zero-order valence-electron chi connectivity index (χ0n) is 15.1. The van der Waals surface area contributed by atoms with Crippen LogP contribution in [0.2, 0.25) is 0 Å². The summed E-state index contributed by atoms with van der Waals surface area (Å²) in [5.41, 5.74) is 2.23. The zero-order chi connectivity index (χ0) is 18.2. The Morgan fingerprint density at radius 1 is 0.963 bits per heavy atom. The first-order chi connectivity index (χ1) is 12.8. The lowest BCUT2D eigenvalue weighted by Crippen LogP contribution is -2.12. The molecule has 0 unspecified atom stereocenters. The normalized spacial score (nSPS) is 10.3. The molecule has 0 saturated heterocycles. The summed E-state index contributed by atoms with van der Waals surface area (Å²) in [5.74, 6) is 2.38. The van der Waals surface area contributed by atoms with Gasteiger partial charge in [0.2, 0.25) is 0 Å². The van der Waals surface area contributed by atoms with Gasteiger partial charge >= 0.3 is 0 Å². The molecule has 4 nitrogen and oxygen atoms in total. The molecule has 1 aromatic heterocycles. The maximum Gasteiger partial charge on any atom is 0.175 e. The lowest BCUT2D eigenvalue weighted by molar-refractivity contribution is 0.267. The van der Waals surface area contributed by atoms with Crippen molar-refractivity contribution < 1.29 is 13.9 Å². The van der Waals surface area contributed by atoms with Crippen LogP contribution in [0.15, 0.2) is 69.8 Å². The largest absolute Gasteiger partial charge is 0.490 e. The maximum atomic E-state index is 6.02. The molecule has 0 aliphatic carbocycles. The minimum absolute atomic E-state index is 0. The summed E-state index contributed by atoms with van der Waals surface area (Å²) < 4.78 is 18.0. The number of rotatable bonds is 9. The lowest BCUT2D eigenvalue weighted by atomic mass is 10.2. The third-order valence-electron chi connectivity index (χ3n) is 3.80. The standard InChI is InChI=1S/C21H22BrNO3.ClH/c1-2-24-20-12-17(13-23-14-18-9-6-10-25-18)11-19(22)21(20)26-15-16-7-4-3-5-8-16;/h3-12,23H,2,13-15H2,1H3;1H. The summed E-state index contributed by atoms with van der Waals surface area (Å²) in [6.45, 7) is 4.43. The van der Waals surface area contributed by atoms with Gasteiger partial charge in [-0.05, 0) is 58.2 Å². The number of hydrogen-bond donors (Lipinski definition) is 1. The van der Waals surface area contributed by atoms with E-state index in [1.54, 1.807) is 6.26 Å². The van der Waals surface area contributed by atoms with Gasteiger partial charge in [0.15, 0.2) is 11.5 Å². The molecule has 0 aliphatic rings. The highest BCUT2D eigenvalue weighted by Crippen LogP contribution is 2.37. The fraction of sp³-hybridized carbons (Fsp3) is 0.238. The Morgan fingerprint density at radius 3 is 2.48 bits per heavy atom. The zero-order valence-corrected chi connectivity index (χ0v) is 17.5. The van der Waals surface area contributed by atoms with E-state index in [9.17, 15) is 0 Å². The molecule has 3 aromatic rings. The van der Waals surface area contributed by atoms with Crippen molar-refractivity contribution in [2.75, 3.05) is 6.61 Å². The van der Waals surface area contributed by atoms with E-state index in [0.717, 1.165) is 32.9 Å². The molecule has 2 aromatic carbocycles. The van der Waals surface area contributed by atoms with Gasteiger partial charge in [0.1, 0.15) is 12.4 Å². The molecule has 0 bridgehead atoms. The first-order valence-corrected chi connectivity index (χ1v) is 9.40. The second kappa shape index (κ2) is 11.0. The average molecular weight is 453 g/mol. The van der Waals surface area contributed by atoms with Crippen molar-refractivity contribution in [1.82, 2.24) is 5.32 Å². The number of furan rings is 1. The molecule has 0 saturated carbocycles. The Kier molecular flexibility index (Phi) is 8.72. The number of hydrogen-bond acceptors (Lipinski definition) is 4. The van der Waals surface area contributed by atoms with Crippen LogP contribution in [0.5, 0.6) is 11.5 Å². The van der Waals surface area contributed by atoms with E-state index >= 15 is 0 Å². The number of halogens is 2. The Balaban J connectivity index is 0.00000261. The Hall–Kier alpha value is -1.95. The summed E-state index contributed by atoms with van der Waals surface area (Å²) in [6.07, 6.45) is 1.68. The minimum Gasteiger partial charge on any atom is -0.490 e. The van der Waals surface area contributed by atoms with Gasteiger partial charge in [-0.15, -0.1) is 12.4 Å². The van der Waals surface area contributed by atoms with Crippen molar-refractivity contribution in [3.8, 4) is 11.5 Å². The molecule has 0 radical (unpaired) electrons. The first kappa shape index (κ1) is 21.4. The van der Waals surface area contributed by atoms with Crippen molar-refractivity contribution in [1.29, 1.82) is 0 Å². The van der Waals surface area contributed by atoms with Gasteiger partial charge in [0.25, 0.3) is 0 Å². The van der Waals surface area contributed by atoms with Crippen LogP contribution in [0.1, 0.15) is 23.8 Å². The molecule has 0 fully saturated rings. The smallest absolute Gasteiger partial charge is 0.175 e. The SMILES string of the molecule is CCOc1cc(CNCc2ccco2)cc(Br)c1OCc1ccccc1.Cl. The molecule has 6 heteroatoms. The van der Waals surface area contributed by atoms with E-state index in [2.05, 4.69) is 27.3 Å². The Labute approximate surface area is 174 Å². The number of ether oxygens (including phenoxy) is 2. The fourth-order valence-electron chi connectivity index (χ4n) is 2.60. The van der Waals surface area contributed by atoms with E-state index in [-0.39, 0.29) is 12.4 Å². The van der Waals surface area contributed by atoms with Gasteiger partial charge < -0.3 is 19.2 Å². The van der Waals surface area contributed by atoms with Crippen LogP contribution in [0.25, 0.3) is 0 Å². The van der Waals surface area contributed by atoms with Gasteiger partial charge in [-0.1, -0.05) is 30.3 Å². The van der Waals surface area contributed by atoms with Gasteiger partial charge in [0, 0.05) is 6.54 Å². The molecular formula is C21H23BrClNO3. The van der Waals surface area contributed by atoms with Gasteiger partial charge in [0.05, 0.1) is 23.9 Å². The minimum atomic E-state index is 0. The van der Waals surface area contributed by atoms with E-state index in [1.165, 1.54) is 0 Å². The van der Waals surface area contributed by atoms with E-state index in [4.69, 9.17) is 13.9 Å². The third kappa shape index (κ3) is 6.31. The summed E-state index contributed by atoms with van der Waals surface area (Å²) >= 11 is 3.62. The second-order valence-electron chi connectivity index (χ2n) is 5.80. The lowest BCUT2D eigenvalue weighted by Gasteiger charge is -2.16. The molecule has 144 valence electrons. The Morgan fingerprint density at radius 2 is 1.78 bits per heavy atom. The van der Waals surface area contributed by atoms with Crippen LogP contribution in [0.3, 0.4) is 0 Å². The van der Waals surface area contributed by atoms with Crippen molar-refractivity contribution in [3.63, 3.8) is 0 Å². The quantitative estimate of drug-likeness (QED) is 0.450. The van der Waals surface area contributed by atoms with Crippen LogP contribution in [0.4, 0.5) is 0 Å². The molecule has 0 spiro atoms. The average Bonchev–Trinajstić information content (AvgIpc) is 3.16. The maximum absolute atomic E-state index is 6.02. The summed E-state index contributed by atoms with van der Waals surface area (Å²) in [5, 5.41) is 3.37. The molecule has 0 aliphatic heterocycles. The molecular weight excluding hydrogens is 430 g/mol. The molecule has 1 N–H and O–H groups in total. The monoisotopic (exact) mass is 451 g/mol. The van der Waals surface area contributed by atoms with Crippen LogP contribution in [0, 0.1) is 0 Å². The molecule has 3 rings (SSSR count). The van der Waals surface area contributed by atoms with Gasteiger partial charge in [-0.25, -0.2) is 0 Å². The van der Waals surface area contributed by atoms with Crippen LogP contribution < -0.4 is 14.8 Å². The van der Waals surface area contributed by atoms with Crippen LogP contribution in [-0.2, 0) is 19.7 Å². The van der Waals surface area contributed by atoms with Gasteiger partial charge in [-0.2, -0.15) is 0 Å². The van der Waals surface area contributed by atoms with Crippen molar-refractivity contribution in [2.24, 2.45) is 0 Å². The summed E-state index contributed by atoms with van der Waals surface area (Å²) in [7, 11) is 0. The molecule has 1 heterocycles. The molecule has 0 amide bonds. The second-order valence-corrected chi connectivity index (χ2v) is 6.65.